The van der Waals surface area contributed by atoms with Crippen LogP contribution in [0.1, 0.15) is 0 Å². The van der Waals surface area contributed by atoms with Crippen molar-refractivity contribution in [2.24, 2.45) is 7.92 Å². The Kier molecular flexibility index (Phi) is 3.83. The molecule has 1 N–H and O–H groups in total. The van der Waals surface area contributed by atoms with E-state index in [9.17, 15) is 12.8 Å². The van der Waals surface area contributed by atoms with Crippen molar-refractivity contribution in [3.05, 3.63) is 46.7 Å². The number of sulfonamides is 1. The molecular formula is C12H7BrFN3O2SSe. The van der Waals surface area contributed by atoms with Crippen LogP contribution in [0.5, 0.6) is 0 Å². The predicted octanol–water partition coefficient (Wildman–Crippen LogP) is 3.74. The van der Waals surface area contributed by atoms with Crippen LogP contribution in [0, 0.1) is 5.82 Å². The summed E-state index contributed by atoms with van der Waals surface area (Å²) in [6.45, 7) is 0. The first kappa shape index (κ1) is 14.6. The monoisotopic (exact) mass is 435 g/mol. The summed E-state index contributed by atoms with van der Waals surface area (Å²) in [5, 5.41) is 0. The SMILES string of the molecule is O=S(=O)(Nc1cccc2c1N=[Se]=N2)c1ccc(Br)cc1F. The first-order valence-corrected chi connectivity index (χ1v) is 9.47. The van der Waals surface area contributed by atoms with Gasteiger partial charge in [0.25, 0.3) is 0 Å². The fourth-order valence-electron chi connectivity index (χ4n) is 1.78. The molecule has 0 amide bonds. The third-order valence-electron chi connectivity index (χ3n) is 2.71. The molecule has 9 heteroatoms. The number of halogens is 2. The second kappa shape index (κ2) is 5.49. The van der Waals surface area contributed by atoms with E-state index >= 15 is 0 Å². The molecule has 3 rings (SSSR count). The number of nitrogens with one attached hydrogen (secondary N) is 1. The van der Waals surface area contributed by atoms with Crippen LogP contribution in [0.4, 0.5) is 21.5 Å². The summed E-state index contributed by atoms with van der Waals surface area (Å²) < 4.78 is 49.6. The standard InChI is InChI=1S/C12H7BrFN3O2SSe/c13-7-4-5-11(8(14)6-7)20(18,19)15-9-2-1-3-10-12(9)17-21-16-10/h1-6,15H. The molecule has 108 valence electrons. The van der Waals surface area contributed by atoms with E-state index in [0.29, 0.717) is 21.5 Å². The predicted molar refractivity (Wildman–Crippen MR) is 81.3 cm³/mol. The molecule has 0 aromatic heterocycles. The number of hydrogen-bond acceptors (Lipinski definition) is 4. The van der Waals surface area contributed by atoms with E-state index in [2.05, 4.69) is 28.6 Å². The van der Waals surface area contributed by atoms with E-state index in [1.54, 1.807) is 18.2 Å². The van der Waals surface area contributed by atoms with Gasteiger partial charge in [0.05, 0.1) is 0 Å². The van der Waals surface area contributed by atoms with Gasteiger partial charge in [0.2, 0.25) is 0 Å². The van der Waals surface area contributed by atoms with E-state index in [0.717, 1.165) is 6.07 Å². The molecule has 0 radical (unpaired) electrons. The van der Waals surface area contributed by atoms with Crippen molar-refractivity contribution >= 4 is 57.6 Å². The minimum atomic E-state index is -4.02. The van der Waals surface area contributed by atoms with Crippen molar-refractivity contribution in [1.29, 1.82) is 0 Å². The summed E-state index contributed by atoms with van der Waals surface area (Å²) in [6.07, 6.45) is 0. The molecule has 0 aliphatic carbocycles. The normalized spacial score (nSPS) is 12.9. The Morgan fingerprint density at radius 3 is 2.76 bits per heavy atom. The molecule has 0 bridgehead atoms. The van der Waals surface area contributed by atoms with Crippen LogP contribution in [0.25, 0.3) is 0 Å². The first-order chi connectivity index (χ1) is 9.97. The Bertz CT molecular complexity index is 911. The van der Waals surface area contributed by atoms with Crippen LogP contribution in [-0.4, -0.2) is 23.0 Å². The third kappa shape index (κ3) is 2.87. The first-order valence-electron chi connectivity index (χ1n) is 5.66. The van der Waals surface area contributed by atoms with Gasteiger partial charge in [-0.2, -0.15) is 0 Å². The average molecular weight is 435 g/mol. The molecule has 5 nitrogen and oxygen atoms in total. The quantitative estimate of drug-likeness (QED) is 0.637. The fraction of sp³-hybridized carbons (Fsp3) is 0. The van der Waals surface area contributed by atoms with Crippen LogP contribution < -0.4 is 4.72 Å². The Balaban J connectivity index is 2.02. The van der Waals surface area contributed by atoms with Crippen LogP contribution in [0.2, 0.25) is 0 Å². The molecule has 2 aromatic rings. The topological polar surface area (TPSA) is 70.9 Å². The molecule has 21 heavy (non-hydrogen) atoms. The second-order valence-corrected chi connectivity index (χ2v) is 7.79. The van der Waals surface area contributed by atoms with E-state index in [1.807, 2.05) is 0 Å². The molecule has 0 saturated heterocycles. The minimum absolute atomic E-state index is 0.271. The van der Waals surface area contributed by atoms with Gasteiger partial charge in [-0.1, -0.05) is 0 Å². The van der Waals surface area contributed by atoms with Crippen LogP contribution in [0.15, 0.2) is 53.7 Å². The zero-order chi connectivity index (χ0) is 15.0. The van der Waals surface area contributed by atoms with Crippen molar-refractivity contribution in [2.75, 3.05) is 4.72 Å². The van der Waals surface area contributed by atoms with E-state index in [-0.39, 0.29) is 14.6 Å². The van der Waals surface area contributed by atoms with Gasteiger partial charge in [0.1, 0.15) is 0 Å². The van der Waals surface area contributed by atoms with Gasteiger partial charge in [0.15, 0.2) is 0 Å². The van der Waals surface area contributed by atoms with Crippen molar-refractivity contribution in [2.45, 2.75) is 4.90 Å². The molecule has 1 aliphatic rings. The van der Waals surface area contributed by atoms with Gasteiger partial charge in [-0.15, -0.1) is 0 Å². The van der Waals surface area contributed by atoms with Gasteiger partial charge in [0, 0.05) is 0 Å². The molecule has 2 aromatic carbocycles. The summed E-state index contributed by atoms with van der Waals surface area (Å²) in [5.41, 5.74) is 1.45. The number of hydrogen-bond donors (Lipinski definition) is 1. The number of nitrogens with zero attached hydrogens (tertiary/aromatic N) is 2. The van der Waals surface area contributed by atoms with Crippen LogP contribution in [0.3, 0.4) is 0 Å². The van der Waals surface area contributed by atoms with Gasteiger partial charge < -0.3 is 0 Å². The van der Waals surface area contributed by atoms with Crippen LogP contribution >= 0.6 is 15.9 Å². The van der Waals surface area contributed by atoms with Crippen molar-refractivity contribution in [3.63, 3.8) is 0 Å². The Morgan fingerprint density at radius 1 is 1.19 bits per heavy atom. The summed E-state index contributed by atoms with van der Waals surface area (Å²) in [7, 11) is -4.02. The molecule has 0 fully saturated rings. The van der Waals surface area contributed by atoms with E-state index in [1.165, 1.54) is 12.1 Å². The molecule has 1 heterocycles. The number of anilines is 1. The number of rotatable bonds is 3. The van der Waals surface area contributed by atoms with Gasteiger partial charge in [-0.25, -0.2) is 0 Å². The zero-order valence-electron chi connectivity index (χ0n) is 10.2. The summed E-state index contributed by atoms with van der Waals surface area (Å²) >= 11 is 2.82. The third-order valence-corrected chi connectivity index (χ3v) is 5.74. The molecular weight excluding hydrogens is 428 g/mol. The zero-order valence-corrected chi connectivity index (χ0v) is 14.4. The molecule has 0 saturated carbocycles. The summed E-state index contributed by atoms with van der Waals surface area (Å²) in [4.78, 5) is -0.413. The number of benzene rings is 2. The second-order valence-electron chi connectivity index (χ2n) is 4.12. The fourth-order valence-corrected chi connectivity index (χ4v) is 4.39. The van der Waals surface area contributed by atoms with Gasteiger partial charge in [-0.3, -0.25) is 0 Å². The number of fused-ring (bicyclic) bond motifs is 1. The maximum atomic E-state index is 13.8. The van der Waals surface area contributed by atoms with Gasteiger partial charge >= 0.3 is 135 Å². The average Bonchev–Trinajstić information content (AvgIpc) is 2.87. The molecule has 0 unspecified atom stereocenters. The van der Waals surface area contributed by atoms with E-state index in [4.69, 9.17) is 0 Å². The van der Waals surface area contributed by atoms with Crippen molar-refractivity contribution in [3.8, 4) is 0 Å². The van der Waals surface area contributed by atoms with Gasteiger partial charge in [-0.05, 0) is 0 Å². The summed E-state index contributed by atoms with van der Waals surface area (Å²) in [6, 6.07) is 8.78. The molecule has 0 atom stereocenters. The van der Waals surface area contributed by atoms with Crippen molar-refractivity contribution < 1.29 is 12.8 Å². The maximum absolute atomic E-state index is 13.8. The van der Waals surface area contributed by atoms with Crippen LogP contribution in [-0.2, 0) is 10.0 Å². The Hall–Kier alpha value is -1.28. The molecule has 1 aliphatic heterocycles. The van der Waals surface area contributed by atoms with Crippen molar-refractivity contribution in [1.82, 2.24) is 0 Å². The molecule has 0 spiro atoms. The summed E-state index contributed by atoms with van der Waals surface area (Å²) in [5.74, 6) is -0.824. The Labute approximate surface area is 134 Å². The Morgan fingerprint density at radius 2 is 2.00 bits per heavy atom. The van der Waals surface area contributed by atoms with E-state index < -0.39 is 20.7 Å².